The highest BCUT2D eigenvalue weighted by Crippen LogP contribution is 2.45. The molecule has 3 aromatic rings. The Hall–Kier alpha value is -3.19. The molecule has 0 aliphatic carbocycles. The van der Waals surface area contributed by atoms with E-state index in [4.69, 9.17) is 4.74 Å². The molecule has 2 aromatic carbocycles. The van der Waals surface area contributed by atoms with Crippen LogP contribution in [0.2, 0.25) is 0 Å². The van der Waals surface area contributed by atoms with E-state index in [-0.39, 0.29) is 23.9 Å². The number of rotatable bonds is 4. The van der Waals surface area contributed by atoms with Crippen LogP contribution in [0.25, 0.3) is 0 Å². The van der Waals surface area contributed by atoms with Gasteiger partial charge >= 0.3 is 0 Å². The molecule has 4 rings (SSSR count). The standard InChI is InChI=1S/C22H19FN2O3S/c1-12-19-15(13-6-5-7-14(10-13)28-2)11-18(26)25-22(19)29-20(12)21(27)24-17-9-4-3-8-16(17)23/h3-10,15H,11H2,1-2H3,(H,24,27)(H,25,26)/t15-/m0/s1. The average Bonchev–Trinajstić information content (AvgIpc) is 3.05. The first-order chi connectivity index (χ1) is 14.0. The molecular weight excluding hydrogens is 391 g/mol. The Morgan fingerprint density at radius 1 is 1.24 bits per heavy atom. The van der Waals surface area contributed by atoms with E-state index in [1.165, 1.54) is 23.5 Å². The van der Waals surface area contributed by atoms with Crippen LogP contribution in [0.4, 0.5) is 15.1 Å². The Labute approximate surface area is 171 Å². The fraction of sp³-hybridized carbons (Fsp3) is 0.182. The number of halogens is 1. The Morgan fingerprint density at radius 2 is 2.03 bits per heavy atom. The third-order valence-corrected chi connectivity index (χ3v) is 6.23. The smallest absolute Gasteiger partial charge is 0.266 e. The van der Waals surface area contributed by atoms with Gasteiger partial charge in [-0.05, 0) is 47.9 Å². The van der Waals surface area contributed by atoms with Gasteiger partial charge in [-0.1, -0.05) is 24.3 Å². The van der Waals surface area contributed by atoms with Crippen molar-refractivity contribution in [1.82, 2.24) is 0 Å². The van der Waals surface area contributed by atoms with Crippen LogP contribution in [0.1, 0.15) is 38.7 Å². The van der Waals surface area contributed by atoms with Crippen LogP contribution in [0.15, 0.2) is 48.5 Å². The minimum Gasteiger partial charge on any atom is -0.497 e. The fourth-order valence-electron chi connectivity index (χ4n) is 3.60. The van der Waals surface area contributed by atoms with Crippen molar-refractivity contribution < 1.29 is 18.7 Å². The largest absolute Gasteiger partial charge is 0.497 e. The van der Waals surface area contributed by atoms with E-state index in [0.29, 0.717) is 15.6 Å². The number of nitrogens with one attached hydrogen (secondary N) is 2. The Morgan fingerprint density at radius 3 is 2.79 bits per heavy atom. The van der Waals surface area contributed by atoms with Gasteiger partial charge in [0.25, 0.3) is 5.91 Å². The van der Waals surface area contributed by atoms with Crippen LogP contribution < -0.4 is 15.4 Å². The monoisotopic (exact) mass is 410 g/mol. The predicted octanol–water partition coefficient (Wildman–Crippen LogP) is 4.93. The molecule has 0 saturated carbocycles. The molecule has 5 nitrogen and oxygen atoms in total. The third-order valence-electron chi connectivity index (χ3n) is 5.01. The summed E-state index contributed by atoms with van der Waals surface area (Å²) in [7, 11) is 1.60. The van der Waals surface area contributed by atoms with Crippen LogP contribution in [0.3, 0.4) is 0 Å². The van der Waals surface area contributed by atoms with E-state index < -0.39 is 11.7 Å². The van der Waals surface area contributed by atoms with E-state index >= 15 is 0 Å². The first-order valence-electron chi connectivity index (χ1n) is 9.11. The minimum atomic E-state index is -0.498. The summed E-state index contributed by atoms with van der Waals surface area (Å²) < 4.78 is 19.2. The van der Waals surface area contributed by atoms with Gasteiger partial charge in [0.05, 0.1) is 22.7 Å². The van der Waals surface area contributed by atoms with Crippen molar-refractivity contribution in [3.8, 4) is 5.75 Å². The van der Waals surface area contributed by atoms with Crippen LogP contribution >= 0.6 is 11.3 Å². The maximum atomic E-state index is 13.9. The van der Waals surface area contributed by atoms with Gasteiger partial charge in [-0.3, -0.25) is 9.59 Å². The van der Waals surface area contributed by atoms with Crippen molar-refractivity contribution in [2.75, 3.05) is 17.7 Å². The number of hydrogen-bond acceptors (Lipinski definition) is 4. The molecule has 0 unspecified atom stereocenters. The molecule has 1 aliphatic heterocycles. The lowest BCUT2D eigenvalue weighted by atomic mass is 9.85. The number of methoxy groups -OCH3 is 1. The average molecular weight is 410 g/mol. The number of benzene rings is 2. The SMILES string of the molecule is COc1cccc([C@@H]2CC(=O)Nc3sc(C(=O)Nc4ccccc4F)c(C)c32)c1. The molecule has 2 N–H and O–H groups in total. The quantitative estimate of drug-likeness (QED) is 0.641. The lowest BCUT2D eigenvalue weighted by molar-refractivity contribution is -0.116. The lowest BCUT2D eigenvalue weighted by Crippen LogP contribution is -2.22. The van der Waals surface area contributed by atoms with Crippen LogP contribution in [-0.2, 0) is 4.79 Å². The van der Waals surface area contributed by atoms with Gasteiger partial charge in [-0.25, -0.2) is 4.39 Å². The molecular formula is C22H19FN2O3S. The van der Waals surface area contributed by atoms with E-state index in [9.17, 15) is 14.0 Å². The summed E-state index contributed by atoms with van der Waals surface area (Å²) in [5.74, 6) is -0.471. The second kappa shape index (κ2) is 7.67. The van der Waals surface area contributed by atoms with Gasteiger partial charge in [-0.2, -0.15) is 0 Å². The van der Waals surface area contributed by atoms with Gasteiger partial charge < -0.3 is 15.4 Å². The van der Waals surface area contributed by atoms with E-state index in [2.05, 4.69) is 10.6 Å². The van der Waals surface area contributed by atoms with Crippen molar-refractivity contribution in [2.24, 2.45) is 0 Å². The maximum absolute atomic E-state index is 13.9. The molecule has 0 fully saturated rings. The minimum absolute atomic E-state index is 0.104. The normalized spacial score (nSPS) is 15.4. The van der Waals surface area contributed by atoms with Crippen molar-refractivity contribution in [3.63, 3.8) is 0 Å². The summed E-state index contributed by atoms with van der Waals surface area (Å²) >= 11 is 1.21. The van der Waals surface area contributed by atoms with Crippen LogP contribution in [0, 0.1) is 12.7 Å². The molecule has 1 aliphatic rings. The summed E-state index contributed by atoms with van der Waals surface area (Å²) in [6.45, 7) is 1.86. The molecule has 1 aromatic heterocycles. The zero-order valence-corrected chi connectivity index (χ0v) is 16.7. The van der Waals surface area contributed by atoms with Crippen molar-refractivity contribution in [2.45, 2.75) is 19.3 Å². The summed E-state index contributed by atoms with van der Waals surface area (Å²) in [4.78, 5) is 25.6. The first kappa shape index (κ1) is 19.1. The molecule has 0 bridgehead atoms. The zero-order chi connectivity index (χ0) is 20.5. The van der Waals surface area contributed by atoms with E-state index in [1.807, 2.05) is 31.2 Å². The van der Waals surface area contributed by atoms with Crippen LogP contribution in [0.5, 0.6) is 5.75 Å². The third kappa shape index (κ3) is 3.61. The molecule has 7 heteroatoms. The van der Waals surface area contributed by atoms with Crippen LogP contribution in [-0.4, -0.2) is 18.9 Å². The number of thiophene rings is 1. The number of carbonyl (C=O) groups excluding carboxylic acids is 2. The molecule has 148 valence electrons. The number of ether oxygens (including phenoxy) is 1. The van der Waals surface area contributed by atoms with Gasteiger partial charge in [-0.15, -0.1) is 11.3 Å². The van der Waals surface area contributed by atoms with E-state index in [1.54, 1.807) is 19.2 Å². The second-order valence-corrected chi connectivity index (χ2v) is 7.84. The van der Waals surface area contributed by atoms with Crippen molar-refractivity contribution >= 4 is 33.8 Å². The molecule has 2 amide bonds. The molecule has 1 atom stereocenters. The summed E-state index contributed by atoms with van der Waals surface area (Å²) in [5, 5.41) is 6.16. The van der Waals surface area contributed by atoms with Crippen molar-refractivity contribution in [3.05, 3.63) is 75.9 Å². The highest BCUT2D eigenvalue weighted by atomic mass is 32.1. The number of amides is 2. The molecule has 0 saturated heterocycles. The Balaban J connectivity index is 1.72. The number of anilines is 2. The number of hydrogen-bond donors (Lipinski definition) is 2. The number of para-hydroxylation sites is 1. The topological polar surface area (TPSA) is 67.4 Å². The number of fused-ring (bicyclic) bond motifs is 1. The Kier molecular flexibility index (Phi) is 5.07. The predicted molar refractivity (Wildman–Crippen MR) is 111 cm³/mol. The zero-order valence-electron chi connectivity index (χ0n) is 15.9. The Bertz CT molecular complexity index is 1110. The van der Waals surface area contributed by atoms with Gasteiger partial charge in [0.15, 0.2) is 0 Å². The van der Waals surface area contributed by atoms with Gasteiger partial charge in [0, 0.05) is 12.3 Å². The highest BCUT2D eigenvalue weighted by Gasteiger charge is 2.33. The summed E-state index contributed by atoms with van der Waals surface area (Å²) in [6.07, 6.45) is 0.284. The summed E-state index contributed by atoms with van der Waals surface area (Å²) in [5.41, 5.74) is 2.77. The van der Waals surface area contributed by atoms with Gasteiger partial charge in [0.2, 0.25) is 5.91 Å². The molecule has 0 spiro atoms. The molecule has 0 radical (unpaired) electrons. The van der Waals surface area contributed by atoms with E-state index in [0.717, 1.165) is 16.7 Å². The molecule has 29 heavy (non-hydrogen) atoms. The summed E-state index contributed by atoms with van der Waals surface area (Å²) in [6, 6.07) is 13.6. The first-order valence-corrected chi connectivity index (χ1v) is 9.92. The molecule has 2 heterocycles. The lowest BCUT2D eigenvalue weighted by Gasteiger charge is -2.24. The van der Waals surface area contributed by atoms with Gasteiger partial charge in [0.1, 0.15) is 11.6 Å². The number of carbonyl (C=O) groups is 2. The van der Waals surface area contributed by atoms with Crippen molar-refractivity contribution in [1.29, 1.82) is 0 Å². The highest BCUT2D eigenvalue weighted by molar-refractivity contribution is 7.18. The maximum Gasteiger partial charge on any atom is 0.266 e. The fourth-order valence-corrected chi connectivity index (χ4v) is 4.79. The second-order valence-electron chi connectivity index (χ2n) is 6.81.